The Bertz CT molecular complexity index is 1430. The van der Waals surface area contributed by atoms with Crippen LogP contribution in [-0.4, -0.2) is 45.2 Å². The van der Waals surface area contributed by atoms with E-state index in [2.05, 4.69) is 16.3 Å². The maximum absolute atomic E-state index is 14.4. The third kappa shape index (κ3) is 5.87. The highest BCUT2D eigenvalue weighted by Gasteiger charge is 2.28. The minimum Gasteiger partial charge on any atom is -0.507 e. The number of nitrogens with zero attached hydrogens (tertiary/aromatic N) is 2. The van der Waals surface area contributed by atoms with Gasteiger partial charge in [-0.3, -0.25) is 9.69 Å². The van der Waals surface area contributed by atoms with Crippen LogP contribution < -0.4 is 5.32 Å². The Morgan fingerprint density at radius 2 is 1.90 bits per heavy atom. The van der Waals surface area contributed by atoms with Crippen molar-refractivity contribution in [3.63, 3.8) is 0 Å². The van der Waals surface area contributed by atoms with E-state index in [1.807, 2.05) is 38.5 Å². The summed E-state index contributed by atoms with van der Waals surface area (Å²) in [6.07, 6.45) is 8.25. The van der Waals surface area contributed by atoms with E-state index in [1.54, 1.807) is 6.07 Å². The van der Waals surface area contributed by atoms with Crippen molar-refractivity contribution in [2.24, 2.45) is 7.05 Å². The monoisotopic (exact) mass is 553 g/mol. The largest absolute Gasteiger partial charge is 0.507 e. The maximum atomic E-state index is 14.4. The van der Waals surface area contributed by atoms with Crippen LogP contribution in [0.4, 0.5) is 8.78 Å². The van der Waals surface area contributed by atoms with E-state index in [-0.39, 0.29) is 11.7 Å². The Labute approximate surface area is 233 Å². The molecule has 1 aliphatic heterocycles. The summed E-state index contributed by atoms with van der Waals surface area (Å²) in [6, 6.07) is 7.85. The lowest BCUT2D eigenvalue weighted by atomic mass is 9.95. The van der Waals surface area contributed by atoms with Crippen LogP contribution in [0.1, 0.15) is 74.5 Å². The third-order valence-electron chi connectivity index (χ3n) is 7.84. The molecule has 5 nitrogen and oxygen atoms in total. The van der Waals surface area contributed by atoms with Gasteiger partial charge in [0, 0.05) is 70.6 Å². The van der Waals surface area contributed by atoms with Crippen LogP contribution in [0.2, 0.25) is 0 Å². The number of nitrogens with one attached hydrogen (secondary N) is 1. The third-order valence-corrected chi connectivity index (χ3v) is 8.90. The second-order valence-corrected chi connectivity index (χ2v) is 12.8. The van der Waals surface area contributed by atoms with Crippen molar-refractivity contribution < 1.29 is 18.7 Å². The summed E-state index contributed by atoms with van der Waals surface area (Å²) in [5, 5.41) is 14.9. The highest BCUT2D eigenvalue weighted by molar-refractivity contribution is 7.98. The predicted molar refractivity (Wildman–Crippen MR) is 154 cm³/mol. The number of phenolic OH excluding ortho intramolecular Hbond substituents is 1. The van der Waals surface area contributed by atoms with Gasteiger partial charge in [-0.05, 0) is 69.9 Å². The molecule has 1 saturated carbocycles. The number of thioether (sulfide) groups is 1. The first-order valence-corrected chi connectivity index (χ1v) is 14.7. The molecule has 1 fully saturated rings. The van der Waals surface area contributed by atoms with E-state index in [9.17, 15) is 18.7 Å². The SMILES string of the molecule is Cn1c(CSc2ccc(F)cc2F)c(C(=O)NC(C)(C)C)c2cc(O)c(C3=CCN(C4CCCC4)CC3)cc21. The first kappa shape index (κ1) is 27.7. The Kier molecular flexibility index (Phi) is 7.80. The van der Waals surface area contributed by atoms with Gasteiger partial charge in [0.2, 0.25) is 0 Å². The number of amides is 1. The summed E-state index contributed by atoms with van der Waals surface area (Å²) < 4.78 is 29.8. The van der Waals surface area contributed by atoms with Gasteiger partial charge in [0.15, 0.2) is 0 Å². The molecule has 3 aromatic rings. The number of fused-ring (bicyclic) bond motifs is 1. The number of hydrogen-bond acceptors (Lipinski definition) is 4. The van der Waals surface area contributed by atoms with Crippen LogP contribution in [0.15, 0.2) is 41.3 Å². The first-order chi connectivity index (χ1) is 18.5. The van der Waals surface area contributed by atoms with Gasteiger partial charge in [-0.15, -0.1) is 11.8 Å². The zero-order valence-electron chi connectivity index (χ0n) is 23.1. The average Bonchev–Trinajstić information content (AvgIpc) is 3.49. The van der Waals surface area contributed by atoms with E-state index in [4.69, 9.17) is 0 Å². The molecule has 1 amide bonds. The van der Waals surface area contributed by atoms with E-state index in [1.165, 1.54) is 49.6 Å². The van der Waals surface area contributed by atoms with Gasteiger partial charge in [-0.2, -0.15) is 0 Å². The van der Waals surface area contributed by atoms with Crippen LogP contribution in [0, 0.1) is 11.6 Å². The van der Waals surface area contributed by atoms with Crippen molar-refractivity contribution in [3.05, 3.63) is 64.9 Å². The Balaban J connectivity index is 1.52. The maximum Gasteiger partial charge on any atom is 0.254 e. The van der Waals surface area contributed by atoms with Gasteiger partial charge in [0.05, 0.1) is 5.56 Å². The molecule has 2 aromatic carbocycles. The number of rotatable bonds is 6. The minimum atomic E-state index is -0.629. The Hall–Kier alpha value is -2.84. The quantitative estimate of drug-likeness (QED) is 0.322. The number of benzene rings is 2. The van der Waals surface area contributed by atoms with Gasteiger partial charge in [0.1, 0.15) is 17.4 Å². The summed E-state index contributed by atoms with van der Waals surface area (Å²) in [6.45, 7) is 7.61. The molecule has 8 heteroatoms. The van der Waals surface area contributed by atoms with Crippen LogP contribution in [0.5, 0.6) is 5.75 Å². The van der Waals surface area contributed by atoms with Crippen LogP contribution in [0.25, 0.3) is 16.5 Å². The number of hydrogen-bond donors (Lipinski definition) is 2. The molecule has 0 spiro atoms. The van der Waals surface area contributed by atoms with Crippen LogP contribution in [-0.2, 0) is 12.8 Å². The number of carbonyl (C=O) groups excluding carboxylic acids is 1. The number of carbonyl (C=O) groups is 1. The normalized spacial score (nSPS) is 17.1. The Morgan fingerprint density at radius 3 is 2.54 bits per heavy atom. The summed E-state index contributed by atoms with van der Waals surface area (Å²) in [5.41, 5.74) is 3.45. The molecule has 5 rings (SSSR count). The summed E-state index contributed by atoms with van der Waals surface area (Å²) >= 11 is 1.21. The summed E-state index contributed by atoms with van der Waals surface area (Å²) in [7, 11) is 1.89. The molecule has 2 N–H and O–H groups in total. The topological polar surface area (TPSA) is 57.5 Å². The number of phenols is 1. The van der Waals surface area contributed by atoms with Crippen molar-refractivity contribution in [1.82, 2.24) is 14.8 Å². The van der Waals surface area contributed by atoms with Crippen molar-refractivity contribution >= 4 is 34.1 Å². The molecule has 0 radical (unpaired) electrons. The van der Waals surface area contributed by atoms with E-state index < -0.39 is 17.2 Å². The highest BCUT2D eigenvalue weighted by atomic mass is 32.2. The minimum absolute atomic E-state index is 0.155. The van der Waals surface area contributed by atoms with Crippen LogP contribution in [0.3, 0.4) is 0 Å². The number of halogens is 2. The number of aromatic nitrogens is 1. The van der Waals surface area contributed by atoms with Crippen molar-refractivity contribution in [2.75, 3.05) is 13.1 Å². The van der Waals surface area contributed by atoms with E-state index >= 15 is 0 Å². The lowest BCUT2D eigenvalue weighted by Crippen LogP contribution is -2.40. The van der Waals surface area contributed by atoms with Gasteiger partial charge < -0.3 is 15.0 Å². The molecule has 0 bridgehead atoms. The molecule has 2 heterocycles. The molecule has 1 aliphatic carbocycles. The van der Waals surface area contributed by atoms with Gasteiger partial charge in [0.25, 0.3) is 5.91 Å². The van der Waals surface area contributed by atoms with Gasteiger partial charge in [-0.25, -0.2) is 8.78 Å². The van der Waals surface area contributed by atoms with Crippen molar-refractivity contribution in [3.8, 4) is 5.75 Å². The van der Waals surface area contributed by atoms with Crippen molar-refractivity contribution in [1.29, 1.82) is 0 Å². The smallest absolute Gasteiger partial charge is 0.254 e. The second-order valence-electron chi connectivity index (χ2n) is 11.7. The standard InChI is InChI=1S/C31H37F2N3O2S/c1-31(2,3)34-30(38)29-23-17-27(37)22(19-11-13-36(14-12-19)21-7-5-6-8-21)16-25(23)35(4)26(29)18-39-28-10-9-20(32)15-24(28)33/h9-11,15-17,21,37H,5-8,12-14,18H2,1-4H3,(H,34,38). The lowest BCUT2D eigenvalue weighted by molar-refractivity contribution is 0.0920. The fourth-order valence-corrected chi connectivity index (χ4v) is 6.87. The molecule has 1 aromatic heterocycles. The van der Waals surface area contributed by atoms with E-state index in [0.29, 0.717) is 33.3 Å². The lowest BCUT2D eigenvalue weighted by Gasteiger charge is -2.31. The fraction of sp³-hybridized carbons (Fsp3) is 0.452. The highest BCUT2D eigenvalue weighted by Crippen LogP contribution is 2.39. The zero-order valence-corrected chi connectivity index (χ0v) is 23.9. The average molecular weight is 554 g/mol. The van der Waals surface area contributed by atoms with E-state index in [0.717, 1.165) is 42.2 Å². The molecule has 0 saturated heterocycles. The van der Waals surface area contributed by atoms with Gasteiger partial charge >= 0.3 is 0 Å². The molecule has 39 heavy (non-hydrogen) atoms. The molecule has 2 aliphatic rings. The molecular formula is C31H37F2N3O2S. The van der Waals surface area contributed by atoms with Crippen molar-refractivity contribution in [2.45, 2.75) is 75.1 Å². The molecule has 208 valence electrons. The van der Waals surface area contributed by atoms with Crippen LogP contribution >= 0.6 is 11.8 Å². The molecule has 0 unspecified atom stereocenters. The summed E-state index contributed by atoms with van der Waals surface area (Å²) in [5.74, 6) is -1.05. The fourth-order valence-electron chi connectivity index (χ4n) is 5.87. The first-order valence-electron chi connectivity index (χ1n) is 13.7. The number of aryl methyl sites for hydroxylation is 1. The second kappa shape index (κ2) is 11.0. The molecular weight excluding hydrogens is 516 g/mol. The zero-order chi connectivity index (χ0) is 27.9. The predicted octanol–water partition coefficient (Wildman–Crippen LogP) is 7.01. The summed E-state index contributed by atoms with van der Waals surface area (Å²) in [4.78, 5) is 16.4. The number of aromatic hydroxyl groups is 1. The molecule has 0 atom stereocenters. The Morgan fingerprint density at radius 1 is 1.15 bits per heavy atom. The van der Waals surface area contributed by atoms with Gasteiger partial charge in [-0.1, -0.05) is 18.9 Å².